The lowest BCUT2D eigenvalue weighted by Crippen LogP contribution is -2.27. The summed E-state index contributed by atoms with van der Waals surface area (Å²) < 4.78 is 20.3. The molecule has 0 aromatic heterocycles. The topological polar surface area (TPSA) is 29.5 Å². The van der Waals surface area contributed by atoms with Crippen LogP contribution < -0.4 is 9.64 Å². The van der Waals surface area contributed by atoms with Gasteiger partial charge in [0, 0.05) is 10.0 Å². The van der Waals surface area contributed by atoms with Crippen molar-refractivity contribution in [2.24, 2.45) is 0 Å². The highest BCUT2D eigenvalue weighted by molar-refractivity contribution is 9.10. The molecule has 0 aliphatic carbocycles. The molecular weight excluding hydrogens is 473 g/mol. The van der Waals surface area contributed by atoms with E-state index in [1.807, 2.05) is 12.1 Å². The maximum absolute atomic E-state index is 13.4. The van der Waals surface area contributed by atoms with Crippen LogP contribution in [0.25, 0.3) is 6.08 Å². The molecule has 0 spiro atoms. The van der Waals surface area contributed by atoms with Crippen molar-refractivity contribution in [3.63, 3.8) is 0 Å². The van der Waals surface area contributed by atoms with Gasteiger partial charge in [0.2, 0.25) is 0 Å². The molecule has 0 unspecified atom stereocenters. The molecule has 27 heavy (non-hydrogen) atoms. The molecule has 0 bridgehead atoms. The molecule has 0 saturated carbocycles. The van der Waals surface area contributed by atoms with Crippen LogP contribution in [0.5, 0.6) is 5.75 Å². The number of benzene rings is 2. The van der Waals surface area contributed by atoms with E-state index in [2.05, 4.69) is 22.5 Å². The Morgan fingerprint density at radius 2 is 2.11 bits per heavy atom. The molecule has 1 saturated heterocycles. The van der Waals surface area contributed by atoms with E-state index in [-0.39, 0.29) is 10.9 Å². The number of rotatable bonds is 5. The number of thioether (sulfide) groups is 1. The van der Waals surface area contributed by atoms with Crippen LogP contribution in [0.4, 0.5) is 10.1 Å². The minimum absolute atomic E-state index is 0.0716. The number of halogens is 3. The van der Waals surface area contributed by atoms with E-state index >= 15 is 0 Å². The van der Waals surface area contributed by atoms with Crippen molar-refractivity contribution in [1.82, 2.24) is 0 Å². The highest BCUT2D eigenvalue weighted by Crippen LogP contribution is 2.38. The van der Waals surface area contributed by atoms with Crippen molar-refractivity contribution >= 4 is 73.5 Å². The Kier molecular flexibility index (Phi) is 6.37. The van der Waals surface area contributed by atoms with Crippen molar-refractivity contribution in [2.45, 2.75) is 0 Å². The van der Waals surface area contributed by atoms with E-state index in [0.717, 1.165) is 21.8 Å². The van der Waals surface area contributed by atoms with Gasteiger partial charge in [0.05, 0.1) is 15.6 Å². The van der Waals surface area contributed by atoms with E-state index in [9.17, 15) is 9.18 Å². The molecule has 1 aliphatic rings. The number of thiocarbonyl (C=S) groups is 1. The van der Waals surface area contributed by atoms with E-state index in [1.165, 1.54) is 23.1 Å². The molecule has 0 N–H and O–H groups in total. The summed E-state index contributed by atoms with van der Waals surface area (Å²) in [6.45, 7) is 3.98. The van der Waals surface area contributed by atoms with E-state index in [4.69, 9.17) is 28.6 Å². The first-order chi connectivity index (χ1) is 12.9. The number of carbonyl (C=O) groups is 1. The second-order valence-electron chi connectivity index (χ2n) is 5.40. The van der Waals surface area contributed by atoms with Gasteiger partial charge >= 0.3 is 0 Å². The lowest BCUT2D eigenvalue weighted by Gasteiger charge is -2.14. The SMILES string of the molecule is C=CCOc1ccc(Br)cc1/C=C1/SC(=S)N(c2ccc(F)c(Cl)c2)C1=O. The molecule has 0 radical (unpaired) electrons. The van der Waals surface area contributed by atoms with Gasteiger partial charge in [-0.3, -0.25) is 9.69 Å². The maximum Gasteiger partial charge on any atom is 0.270 e. The average Bonchev–Trinajstić information content (AvgIpc) is 2.90. The molecule has 1 aliphatic heterocycles. The molecule has 138 valence electrons. The van der Waals surface area contributed by atoms with Gasteiger partial charge in [0.15, 0.2) is 4.32 Å². The smallest absolute Gasteiger partial charge is 0.270 e. The first-order valence-corrected chi connectivity index (χ1v) is 10.1. The largest absolute Gasteiger partial charge is 0.489 e. The van der Waals surface area contributed by atoms with Crippen molar-refractivity contribution in [1.29, 1.82) is 0 Å². The Hall–Kier alpha value is -1.67. The van der Waals surface area contributed by atoms with Gasteiger partial charge in [-0.25, -0.2) is 4.39 Å². The molecule has 0 atom stereocenters. The number of amides is 1. The molecule has 3 rings (SSSR count). The summed E-state index contributed by atoms with van der Waals surface area (Å²) >= 11 is 15.7. The van der Waals surface area contributed by atoms with Crippen molar-refractivity contribution < 1.29 is 13.9 Å². The van der Waals surface area contributed by atoms with Crippen LogP contribution in [0.1, 0.15) is 5.56 Å². The minimum Gasteiger partial charge on any atom is -0.489 e. The number of nitrogens with zero attached hydrogens (tertiary/aromatic N) is 1. The zero-order valence-electron chi connectivity index (χ0n) is 13.7. The molecule has 8 heteroatoms. The third-order valence-electron chi connectivity index (χ3n) is 3.57. The second kappa shape index (κ2) is 8.56. The van der Waals surface area contributed by atoms with Crippen LogP contribution in [0.3, 0.4) is 0 Å². The number of hydrogen-bond donors (Lipinski definition) is 0. The maximum atomic E-state index is 13.4. The van der Waals surface area contributed by atoms with Crippen molar-refractivity contribution in [3.8, 4) is 5.75 Å². The van der Waals surface area contributed by atoms with Gasteiger partial charge < -0.3 is 4.74 Å². The number of hydrogen-bond acceptors (Lipinski definition) is 4. The Bertz CT molecular complexity index is 980. The quantitative estimate of drug-likeness (QED) is 0.287. The van der Waals surface area contributed by atoms with Crippen molar-refractivity contribution in [2.75, 3.05) is 11.5 Å². The third-order valence-corrected chi connectivity index (χ3v) is 5.66. The Morgan fingerprint density at radius 1 is 1.33 bits per heavy atom. The molecule has 1 amide bonds. The second-order valence-corrected chi connectivity index (χ2v) is 8.40. The van der Waals surface area contributed by atoms with E-state index < -0.39 is 5.82 Å². The van der Waals surface area contributed by atoms with Crippen LogP contribution in [0.15, 0.2) is 58.4 Å². The summed E-state index contributed by atoms with van der Waals surface area (Å²) in [6.07, 6.45) is 3.36. The van der Waals surface area contributed by atoms with E-state index in [0.29, 0.717) is 27.3 Å². The van der Waals surface area contributed by atoms with E-state index in [1.54, 1.807) is 18.2 Å². The normalized spacial score (nSPS) is 15.5. The van der Waals surface area contributed by atoms with Gasteiger partial charge in [-0.1, -0.05) is 64.2 Å². The molecule has 3 nitrogen and oxygen atoms in total. The zero-order valence-corrected chi connectivity index (χ0v) is 17.7. The van der Waals surface area contributed by atoms with Gasteiger partial charge in [-0.15, -0.1) is 0 Å². The highest BCUT2D eigenvalue weighted by atomic mass is 79.9. The summed E-state index contributed by atoms with van der Waals surface area (Å²) in [5, 5.41) is -0.0716. The summed E-state index contributed by atoms with van der Waals surface area (Å²) in [7, 11) is 0. The number of ether oxygens (including phenoxy) is 1. The highest BCUT2D eigenvalue weighted by Gasteiger charge is 2.33. The van der Waals surface area contributed by atoms with Crippen LogP contribution >= 0.6 is 51.5 Å². The molecule has 2 aromatic carbocycles. The van der Waals surface area contributed by atoms with Crippen LogP contribution in [-0.4, -0.2) is 16.8 Å². The number of anilines is 1. The van der Waals surface area contributed by atoms with Gasteiger partial charge in [-0.2, -0.15) is 0 Å². The Labute approximate surface area is 179 Å². The van der Waals surface area contributed by atoms with Crippen LogP contribution in [0, 0.1) is 5.82 Å². The predicted molar refractivity (Wildman–Crippen MR) is 117 cm³/mol. The lowest BCUT2D eigenvalue weighted by atomic mass is 10.2. The van der Waals surface area contributed by atoms with Gasteiger partial charge in [0.25, 0.3) is 5.91 Å². The fraction of sp³-hybridized carbons (Fsp3) is 0.0526. The fourth-order valence-corrected chi connectivity index (χ4v) is 4.21. The first kappa shape index (κ1) is 20.1. The third kappa shape index (κ3) is 4.43. The van der Waals surface area contributed by atoms with Gasteiger partial charge in [0.1, 0.15) is 18.2 Å². The zero-order chi connectivity index (χ0) is 19.6. The summed E-state index contributed by atoms with van der Waals surface area (Å²) in [6, 6.07) is 9.55. The average molecular weight is 485 g/mol. The fourth-order valence-electron chi connectivity index (χ4n) is 2.37. The van der Waals surface area contributed by atoms with Crippen LogP contribution in [0.2, 0.25) is 5.02 Å². The Morgan fingerprint density at radius 3 is 2.81 bits per heavy atom. The molecule has 1 fully saturated rings. The minimum atomic E-state index is -0.556. The van der Waals surface area contributed by atoms with Crippen molar-refractivity contribution in [3.05, 3.63) is 74.8 Å². The van der Waals surface area contributed by atoms with Gasteiger partial charge in [-0.05, 0) is 42.5 Å². The summed E-state index contributed by atoms with van der Waals surface area (Å²) in [5.41, 5.74) is 1.15. The summed E-state index contributed by atoms with van der Waals surface area (Å²) in [5.74, 6) is -0.241. The lowest BCUT2D eigenvalue weighted by molar-refractivity contribution is -0.113. The standard InChI is InChI=1S/C19H12BrClFNO2S2/c1-2-7-25-16-6-3-12(20)8-11(16)9-17-18(24)23(19(26)27-17)13-4-5-15(22)14(21)10-13/h2-6,8-10H,1,7H2/b17-9+. The molecule has 1 heterocycles. The van der Waals surface area contributed by atoms with Crippen LogP contribution in [-0.2, 0) is 4.79 Å². The Balaban J connectivity index is 1.96. The summed E-state index contributed by atoms with van der Waals surface area (Å²) in [4.78, 5) is 14.6. The number of carbonyl (C=O) groups excluding carboxylic acids is 1. The molecular formula is C19H12BrClFNO2S2. The monoisotopic (exact) mass is 483 g/mol. The molecule has 2 aromatic rings. The first-order valence-electron chi connectivity index (χ1n) is 7.67. The predicted octanol–water partition coefficient (Wildman–Crippen LogP) is 6.21.